The minimum Gasteiger partial charge on any atom is -0.323 e. The number of hydrogen-bond donors (Lipinski definition) is 2. The summed E-state index contributed by atoms with van der Waals surface area (Å²) in [5.41, 5.74) is 6.96. The number of nitrogens with one attached hydrogen (secondary N) is 1. The molecule has 0 amide bonds. The van der Waals surface area contributed by atoms with Crippen molar-refractivity contribution in [2.75, 3.05) is 13.6 Å². The Kier molecular flexibility index (Phi) is 3.53. The van der Waals surface area contributed by atoms with Crippen LogP contribution < -0.4 is 11.1 Å². The molecule has 0 unspecified atom stereocenters. The van der Waals surface area contributed by atoms with Crippen LogP contribution in [0.1, 0.15) is 11.6 Å². The van der Waals surface area contributed by atoms with Gasteiger partial charge in [0.05, 0.1) is 0 Å². The van der Waals surface area contributed by atoms with E-state index in [-0.39, 0.29) is 6.04 Å². The Morgan fingerprint density at radius 3 is 2.50 bits per heavy atom. The summed E-state index contributed by atoms with van der Waals surface area (Å²) in [4.78, 5) is 0. The second-order valence-electron chi connectivity index (χ2n) is 2.72. The van der Waals surface area contributed by atoms with Crippen LogP contribution in [0.15, 0.2) is 24.3 Å². The Labute approximate surface area is 77.7 Å². The average molecular weight is 185 g/mol. The Hall–Kier alpha value is -0.570. The molecule has 2 nitrogen and oxygen atoms in total. The van der Waals surface area contributed by atoms with E-state index in [1.165, 1.54) is 0 Å². The van der Waals surface area contributed by atoms with Crippen LogP contribution >= 0.6 is 11.6 Å². The maximum absolute atomic E-state index is 5.85. The second-order valence-corrected chi connectivity index (χ2v) is 3.15. The normalized spacial score (nSPS) is 12.9. The quantitative estimate of drug-likeness (QED) is 0.749. The van der Waals surface area contributed by atoms with Crippen LogP contribution in [0.5, 0.6) is 0 Å². The molecule has 3 N–H and O–H groups in total. The molecule has 12 heavy (non-hydrogen) atoms. The summed E-state index contributed by atoms with van der Waals surface area (Å²) < 4.78 is 0. The largest absolute Gasteiger partial charge is 0.323 e. The number of benzene rings is 1. The van der Waals surface area contributed by atoms with Crippen molar-refractivity contribution in [3.8, 4) is 0 Å². The van der Waals surface area contributed by atoms with Gasteiger partial charge in [0.2, 0.25) is 0 Å². The molecular weight excluding hydrogens is 172 g/mol. The van der Waals surface area contributed by atoms with Crippen LogP contribution in [0.4, 0.5) is 0 Å². The third-order valence-corrected chi connectivity index (χ3v) is 1.97. The summed E-state index contributed by atoms with van der Waals surface area (Å²) in [6, 6.07) is 7.65. The van der Waals surface area contributed by atoms with E-state index in [1.54, 1.807) is 0 Å². The highest BCUT2D eigenvalue weighted by molar-refractivity contribution is 6.30. The average Bonchev–Trinajstić information content (AvgIpc) is 2.06. The molecule has 0 radical (unpaired) electrons. The van der Waals surface area contributed by atoms with E-state index in [9.17, 15) is 0 Å². The molecule has 0 aliphatic carbocycles. The third kappa shape index (κ3) is 2.48. The highest BCUT2D eigenvalue weighted by atomic mass is 35.5. The van der Waals surface area contributed by atoms with E-state index in [0.717, 1.165) is 17.1 Å². The van der Waals surface area contributed by atoms with E-state index in [2.05, 4.69) is 5.32 Å². The van der Waals surface area contributed by atoms with Gasteiger partial charge in [-0.2, -0.15) is 0 Å². The van der Waals surface area contributed by atoms with E-state index < -0.39 is 0 Å². The lowest BCUT2D eigenvalue weighted by Crippen LogP contribution is -2.23. The molecule has 0 spiro atoms. The lowest BCUT2D eigenvalue weighted by atomic mass is 10.1. The van der Waals surface area contributed by atoms with Crippen molar-refractivity contribution in [2.45, 2.75) is 6.04 Å². The fraction of sp³-hybridized carbons (Fsp3) is 0.333. The first-order valence-corrected chi connectivity index (χ1v) is 4.27. The molecule has 66 valence electrons. The van der Waals surface area contributed by atoms with Gasteiger partial charge in [0.25, 0.3) is 0 Å². The standard InChI is InChI=1S/C9H13ClN2/c1-12-6-9(11)7-2-4-8(10)5-3-7/h2-5,9,12H,6,11H2,1H3/t9-/m1/s1. The van der Waals surface area contributed by atoms with Gasteiger partial charge in [-0.25, -0.2) is 0 Å². The first-order chi connectivity index (χ1) is 5.74. The van der Waals surface area contributed by atoms with Crippen molar-refractivity contribution in [2.24, 2.45) is 5.73 Å². The van der Waals surface area contributed by atoms with Crippen molar-refractivity contribution in [1.82, 2.24) is 5.32 Å². The third-order valence-electron chi connectivity index (χ3n) is 1.72. The predicted octanol–water partition coefficient (Wildman–Crippen LogP) is 1.56. The fourth-order valence-corrected chi connectivity index (χ4v) is 1.17. The van der Waals surface area contributed by atoms with E-state index in [1.807, 2.05) is 31.3 Å². The van der Waals surface area contributed by atoms with Gasteiger partial charge >= 0.3 is 0 Å². The maximum atomic E-state index is 5.85. The highest BCUT2D eigenvalue weighted by Crippen LogP contribution is 2.13. The van der Waals surface area contributed by atoms with Crippen LogP contribution in [-0.2, 0) is 0 Å². The zero-order chi connectivity index (χ0) is 8.97. The molecular formula is C9H13ClN2. The number of hydrogen-bond acceptors (Lipinski definition) is 2. The van der Waals surface area contributed by atoms with Gasteiger partial charge in [0.15, 0.2) is 0 Å². The van der Waals surface area contributed by atoms with E-state index >= 15 is 0 Å². The smallest absolute Gasteiger partial charge is 0.0421 e. The van der Waals surface area contributed by atoms with Gasteiger partial charge in [-0.3, -0.25) is 0 Å². The number of halogens is 1. The maximum Gasteiger partial charge on any atom is 0.0421 e. The minimum absolute atomic E-state index is 0.0484. The summed E-state index contributed by atoms with van der Waals surface area (Å²) in [6.07, 6.45) is 0. The summed E-state index contributed by atoms with van der Waals surface area (Å²) in [6.45, 7) is 0.779. The second kappa shape index (κ2) is 4.45. The Bertz CT molecular complexity index is 233. The van der Waals surface area contributed by atoms with Gasteiger partial charge in [0, 0.05) is 17.6 Å². The Balaban J connectivity index is 2.68. The predicted molar refractivity (Wildman–Crippen MR) is 52.3 cm³/mol. The summed E-state index contributed by atoms with van der Waals surface area (Å²) in [5, 5.41) is 3.77. The Morgan fingerprint density at radius 1 is 1.42 bits per heavy atom. The van der Waals surface area contributed by atoms with Gasteiger partial charge in [-0.05, 0) is 24.7 Å². The number of nitrogens with two attached hydrogens (primary N) is 1. The van der Waals surface area contributed by atoms with E-state index in [4.69, 9.17) is 17.3 Å². The molecule has 0 aliphatic heterocycles. The fourth-order valence-electron chi connectivity index (χ4n) is 1.05. The number of likely N-dealkylation sites (N-methyl/N-ethyl adjacent to an activating group) is 1. The van der Waals surface area contributed by atoms with Gasteiger partial charge in [-0.15, -0.1) is 0 Å². The molecule has 3 heteroatoms. The Morgan fingerprint density at radius 2 is 2.00 bits per heavy atom. The molecule has 0 bridgehead atoms. The minimum atomic E-state index is 0.0484. The zero-order valence-electron chi connectivity index (χ0n) is 7.05. The lowest BCUT2D eigenvalue weighted by Gasteiger charge is -2.10. The molecule has 1 rings (SSSR count). The summed E-state index contributed by atoms with van der Waals surface area (Å²) in [7, 11) is 1.88. The molecule has 1 atom stereocenters. The molecule has 0 saturated carbocycles. The van der Waals surface area contributed by atoms with Crippen LogP contribution in [-0.4, -0.2) is 13.6 Å². The molecule has 1 aromatic carbocycles. The first-order valence-electron chi connectivity index (χ1n) is 3.89. The van der Waals surface area contributed by atoms with Crippen LogP contribution in [0, 0.1) is 0 Å². The topological polar surface area (TPSA) is 38.0 Å². The molecule has 0 heterocycles. The first kappa shape index (κ1) is 9.52. The molecule has 0 saturated heterocycles. The molecule has 0 aliphatic rings. The monoisotopic (exact) mass is 184 g/mol. The van der Waals surface area contributed by atoms with Crippen molar-refractivity contribution in [3.05, 3.63) is 34.9 Å². The van der Waals surface area contributed by atoms with Gasteiger partial charge < -0.3 is 11.1 Å². The summed E-state index contributed by atoms with van der Waals surface area (Å²) >= 11 is 5.74. The summed E-state index contributed by atoms with van der Waals surface area (Å²) in [5.74, 6) is 0. The van der Waals surface area contributed by atoms with Crippen molar-refractivity contribution in [1.29, 1.82) is 0 Å². The number of rotatable bonds is 3. The van der Waals surface area contributed by atoms with E-state index in [0.29, 0.717) is 0 Å². The lowest BCUT2D eigenvalue weighted by molar-refractivity contribution is 0.653. The molecule has 0 fully saturated rings. The molecule has 1 aromatic rings. The van der Waals surface area contributed by atoms with Crippen molar-refractivity contribution >= 4 is 11.6 Å². The van der Waals surface area contributed by atoms with Crippen molar-refractivity contribution in [3.63, 3.8) is 0 Å². The SMILES string of the molecule is CNC[C@@H](N)c1ccc(Cl)cc1. The van der Waals surface area contributed by atoms with Gasteiger partial charge in [-0.1, -0.05) is 23.7 Å². The van der Waals surface area contributed by atoms with Gasteiger partial charge in [0.1, 0.15) is 0 Å². The highest BCUT2D eigenvalue weighted by Gasteiger charge is 2.02. The van der Waals surface area contributed by atoms with Crippen LogP contribution in [0.2, 0.25) is 5.02 Å². The van der Waals surface area contributed by atoms with Crippen LogP contribution in [0.25, 0.3) is 0 Å². The van der Waals surface area contributed by atoms with Crippen molar-refractivity contribution < 1.29 is 0 Å². The molecule has 0 aromatic heterocycles. The zero-order valence-corrected chi connectivity index (χ0v) is 7.81. The van der Waals surface area contributed by atoms with Crippen LogP contribution in [0.3, 0.4) is 0 Å².